The van der Waals surface area contributed by atoms with Crippen LogP contribution in [0, 0.1) is 11.8 Å². The fourth-order valence-electron chi connectivity index (χ4n) is 3.24. The molecule has 9 nitrogen and oxygen atoms in total. The van der Waals surface area contributed by atoms with Gasteiger partial charge in [-0.25, -0.2) is 10.8 Å². The highest BCUT2D eigenvalue weighted by Crippen LogP contribution is 2.24. The third-order valence-corrected chi connectivity index (χ3v) is 5.12. The number of hydrazine groups is 1. The Kier molecular flexibility index (Phi) is 6.97. The highest BCUT2D eigenvalue weighted by atomic mass is 16.5. The van der Waals surface area contributed by atoms with Crippen LogP contribution in [0.4, 0.5) is 0 Å². The molecular formula is C26H21N5O4. The first-order valence-corrected chi connectivity index (χ1v) is 10.5. The van der Waals surface area contributed by atoms with Crippen LogP contribution in [0.2, 0.25) is 0 Å². The summed E-state index contributed by atoms with van der Waals surface area (Å²) in [5, 5.41) is 9.41. The van der Waals surface area contributed by atoms with Gasteiger partial charge in [0.1, 0.15) is 18.4 Å². The number of carboxylic acid groups (broad SMARTS) is 1. The lowest BCUT2D eigenvalue weighted by molar-refractivity contribution is -0.139. The quantitative estimate of drug-likeness (QED) is 0.145. The van der Waals surface area contributed by atoms with Gasteiger partial charge in [0.25, 0.3) is 5.91 Å². The maximum atomic E-state index is 12.3. The number of nitrogens with zero attached hydrogens (tertiary/aromatic N) is 2. The predicted octanol–water partition coefficient (Wildman–Crippen LogP) is 2.09. The van der Waals surface area contributed by atoms with Gasteiger partial charge in [-0.15, -0.1) is 0 Å². The van der Waals surface area contributed by atoms with Crippen LogP contribution in [0.1, 0.15) is 21.5 Å². The van der Waals surface area contributed by atoms with Crippen LogP contribution >= 0.6 is 0 Å². The minimum atomic E-state index is -1.12. The van der Waals surface area contributed by atoms with Gasteiger partial charge in [0.2, 0.25) is 0 Å². The number of fused-ring (bicyclic) bond motifs is 1. The van der Waals surface area contributed by atoms with Gasteiger partial charge in [0.15, 0.2) is 0 Å². The lowest BCUT2D eigenvalue weighted by Gasteiger charge is -2.09. The van der Waals surface area contributed by atoms with E-state index in [1.165, 1.54) is 0 Å². The maximum absolute atomic E-state index is 12.3. The van der Waals surface area contributed by atoms with Crippen molar-refractivity contribution < 1.29 is 19.4 Å². The molecule has 9 heteroatoms. The second kappa shape index (κ2) is 10.4. The fourth-order valence-corrected chi connectivity index (χ4v) is 3.24. The van der Waals surface area contributed by atoms with Gasteiger partial charge in [-0.3, -0.25) is 20.0 Å². The molecule has 0 unspecified atom stereocenters. The van der Waals surface area contributed by atoms with Crippen molar-refractivity contribution in [1.29, 1.82) is 0 Å². The molecule has 2 aromatic heterocycles. The van der Waals surface area contributed by atoms with Crippen LogP contribution in [0.5, 0.6) is 5.75 Å². The van der Waals surface area contributed by atoms with E-state index in [0.29, 0.717) is 27.9 Å². The molecule has 0 aliphatic heterocycles. The number of amides is 1. The molecule has 2 heterocycles. The van der Waals surface area contributed by atoms with Crippen LogP contribution in [-0.2, 0) is 4.79 Å². The smallest absolute Gasteiger partial charge is 0.324 e. The van der Waals surface area contributed by atoms with Crippen molar-refractivity contribution >= 4 is 22.8 Å². The van der Waals surface area contributed by atoms with E-state index in [1.807, 2.05) is 24.3 Å². The first kappa shape index (κ1) is 23.4. The molecule has 0 radical (unpaired) electrons. The van der Waals surface area contributed by atoms with Crippen molar-refractivity contribution in [2.75, 3.05) is 6.61 Å². The lowest BCUT2D eigenvalue weighted by Crippen LogP contribution is -2.36. The van der Waals surface area contributed by atoms with Crippen molar-refractivity contribution in [2.45, 2.75) is 6.04 Å². The maximum Gasteiger partial charge on any atom is 0.324 e. The number of carboxylic acids is 1. The van der Waals surface area contributed by atoms with E-state index < -0.39 is 17.9 Å². The van der Waals surface area contributed by atoms with Gasteiger partial charge in [0.05, 0.1) is 16.8 Å². The zero-order chi connectivity index (χ0) is 24.8. The molecule has 174 valence electrons. The molecule has 0 saturated carbocycles. The number of hydrogen-bond donors (Lipinski definition) is 4. The zero-order valence-corrected chi connectivity index (χ0v) is 18.4. The molecule has 0 spiro atoms. The van der Waals surface area contributed by atoms with Crippen LogP contribution < -0.4 is 21.7 Å². The van der Waals surface area contributed by atoms with Crippen molar-refractivity contribution in [2.24, 2.45) is 11.6 Å². The summed E-state index contributed by atoms with van der Waals surface area (Å²) in [5.41, 5.74) is 11.6. The number of rotatable bonds is 6. The number of benzene rings is 2. The molecule has 0 aliphatic carbocycles. The molecule has 0 fully saturated rings. The van der Waals surface area contributed by atoms with E-state index in [4.69, 9.17) is 21.4 Å². The van der Waals surface area contributed by atoms with Crippen LogP contribution in [0.25, 0.3) is 22.2 Å². The van der Waals surface area contributed by atoms with Crippen molar-refractivity contribution in [3.8, 4) is 28.8 Å². The molecule has 0 aliphatic rings. The van der Waals surface area contributed by atoms with Gasteiger partial charge < -0.3 is 15.6 Å². The van der Waals surface area contributed by atoms with E-state index in [2.05, 4.69) is 27.2 Å². The monoisotopic (exact) mass is 467 g/mol. The summed E-state index contributed by atoms with van der Waals surface area (Å²) < 4.78 is 5.36. The largest absolute Gasteiger partial charge is 0.491 e. The van der Waals surface area contributed by atoms with Gasteiger partial charge in [0, 0.05) is 34.5 Å². The molecule has 35 heavy (non-hydrogen) atoms. The number of pyridine rings is 2. The second-order valence-corrected chi connectivity index (χ2v) is 7.53. The van der Waals surface area contributed by atoms with Gasteiger partial charge in [-0.1, -0.05) is 24.0 Å². The summed E-state index contributed by atoms with van der Waals surface area (Å²) in [6.45, 7) is -0.117. The van der Waals surface area contributed by atoms with Gasteiger partial charge in [-0.2, -0.15) is 0 Å². The highest BCUT2D eigenvalue weighted by Gasteiger charge is 2.13. The number of carbonyl (C=O) groups is 2. The number of aliphatic carboxylic acids is 1. The SMILES string of the molecule is NNC(=O)c1cc(-c2ccc(C#Cc3ccc(OC[C@H](N)C(=O)O)cc3)cc2)nc2ccncc12. The van der Waals surface area contributed by atoms with Crippen molar-refractivity contribution in [1.82, 2.24) is 15.4 Å². The van der Waals surface area contributed by atoms with E-state index in [9.17, 15) is 9.59 Å². The van der Waals surface area contributed by atoms with Gasteiger partial charge in [-0.05, 0) is 48.5 Å². The van der Waals surface area contributed by atoms with E-state index >= 15 is 0 Å². The zero-order valence-electron chi connectivity index (χ0n) is 18.4. The highest BCUT2D eigenvalue weighted by molar-refractivity contribution is 6.06. The first-order valence-electron chi connectivity index (χ1n) is 10.5. The standard InChI is InChI=1S/C26H21N5O4/c27-22(26(33)34)15-35-19-9-5-17(6-10-19)2-1-16-3-7-18(8-4-16)24-13-20(25(32)31-28)21-14-29-12-11-23(21)30-24/h3-14,22H,15,27-28H2,(H,31,32)(H,33,34)/t22-/m0/s1. The van der Waals surface area contributed by atoms with Crippen LogP contribution in [0.3, 0.4) is 0 Å². The summed E-state index contributed by atoms with van der Waals surface area (Å²) in [6.07, 6.45) is 3.20. The number of hydrogen-bond acceptors (Lipinski definition) is 7. The second-order valence-electron chi connectivity index (χ2n) is 7.53. The molecule has 2 aromatic carbocycles. The number of nitrogen functional groups attached to an aromatic ring is 1. The van der Waals surface area contributed by atoms with Gasteiger partial charge >= 0.3 is 5.97 Å². The molecule has 0 saturated heterocycles. The molecule has 6 N–H and O–H groups in total. The minimum Gasteiger partial charge on any atom is -0.491 e. The Morgan fingerprint density at radius 1 is 1.03 bits per heavy atom. The predicted molar refractivity (Wildman–Crippen MR) is 130 cm³/mol. The minimum absolute atomic E-state index is 0.117. The van der Waals surface area contributed by atoms with Crippen molar-refractivity contribution in [3.63, 3.8) is 0 Å². The summed E-state index contributed by atoms with van der Waals surface area (Å²) in [6, 6.07) is 16.8. The number of ether oxygens (including phenoxy) is 1. The Morgan fingerprint density at radius 3 is 2.31 bits per heavy atom. The van der Waals surface area contributed by atoms with E-state index in [1.54, 1.807) is 48.8 Å². The fraction of sp³-hybridized carbons (Fsp3) is 0.0769. The Balaban J connectivity index is 1.50. The average molecular weight is 467 g/mol. The third-order valence-electron chi connectivity index (χ3n) is 5.12. The third kappa shape index (κ3) is 5.59. The lowest BCUT2D eigenvalue weighted by atomic mass is 10.0. The number of carbonyl (C=O) groups excluding carboxylic acids is 1. The van der Waals surface area contributed by atoms with Crippen molar-refractivity contribution in [3.05, 3.63) is 89.7 Å². The van der Waals surface area contributed by atoms with Crippen LogP contribution in [0.15, 0.2) is 73.1 Å². The normalized spacial score (nSPS) is 11.3. The molecule has 1 atom stereocenters. The van der Waals surface area contributed by atoms with E-state index in [0.717, 1.165) is 16.7 Å². The summed E-state index contributed by atoms with van der Waals surface area (Å²) in [7, 11) is 0. The summed E-state index contributed by atoms with van der Waals surface area (Å²) >= 11 is 0. The topological polar surface area (TPSA) is 153 Å². The Morgan fingerprint density at radius 2 is 1.69 bits per heavy atom. The molecule has 0 bridgehead atoms. The number of nitrogens with two attached hydrogens (primary N) is 2. The molecular weight excluding hydrogens is 446 g/mol. The Bertz CT molecular complexity index is 1440. The van der Waals surface area contributed by atoms with E-state index in [-0.39, 0.29) is 6.61 Å². The number of nitrogens with one attached hydrogen (secondary N) is 1. The summed E-state index contributed by atoms with van der Waals surface area (Å²) in [4.78, 5) is 31.7. The number of aromatic nitrogens is 2. The molecule has 4 aromatic rings. The summed E-state index contributed by atoms with van der Waals surface area (Å²) in [5.74, 6) is 10.5. The van der Waals surface area contributed by atoms with Crippen LogP contribution in [-0.4, -0.2) is 39.6 Å². The molecule has 4 rings (SSSR count). The Labute approximate surface area is 200 Å². The average Bonchev–Trinajstić information content (AvgIpc) is 2.90. The molecule has 1 amide bonds. The first-order chi connectivity index (χ1) is 16.9. The Hall–Kier alpha value is -4.78.